The Morgan fingerprint density at radius 1 is 1.19 bits per heavy atom. The Labute approximate surface area is 189 Å². The van der Waals surface area contributed by atoms with Crippen LogP contribution in [-0.2, 0) is 4.79 Å². The molecular weight excluding hydrogens is 435 g/mol. The summed E-state index contributed by atoms with van der Waals surface area (Å²) in [5.41, 5.74) is 0.669. The molecule has 1 aromatic heterocycles. The SMILES string of the molecule is COc1ccc(Cl)cc1NC(=O)C1CCCN(c2ccc(=O)n(-c3ccc(F)cc3)n2)C1. The maximum Gasteiger partial charge on any atom is 0.271 e. The van der Waals surface area contributed by atoms with Crippen LogP contribution in [0, 0.1) is 11.7 Å². The van der Waals surface area contributed by atoms with Crippen molar-refractivity contribution in [2.45, 2.75) is 12.8 Å². The molecule has 166 valence electrons. The highest BCUT2D eigenvalue weighted by Gasteiger charge is 2.27. The molecule has 1 saturated heterocycles. The standard InChI is InChI=1S/C23H22ClFN4O3/c1-32-20-9-4-16(24)13-19(20)26-23(31)15-3-2-12-28(14-15)21-10-11-22(30)29(27-21)18-7-5-17(25)6-8-18/h4-11,13,15H,2-3,12,14H2,1H3,(H,26,31). The summed E-state index contributed by atoms with van der Waals surface area (Å²) in [6.45, 7) is 1.15. The molecule has 0 radical (unpaired) electrons. The number of anilines is 2. The molecule has 32 heavy (non-hydrogen) atoms. The number of rotatable bonds is 5. The van der Waals surface area contributed by atoms with E-state index in [0.29, 0.717) is 41.1 Å². The number of ether oxygens (including phenoxy) is 1. The third-order valence-corrected chi connectivity index (χ3v) is 5.63. The fourth-order valence-electron chi connectivity index (χ4n) is 3.75. The molecule has 3 aromatic rings. The van der Waals surface area contributed by atoms with Crippen LogP contribution in [0.3, 0.4) is 0 Å². The van der Waals surface area contributed by atoms with Crippen molar-refractivity contribution in [2.24, 2.45) is 5.92 Å². The zero-order valence-corrected chi connectivity index (χ0v) is 18.2. The molecular formula is C23H22ClFN4O3. The predicted octanol–water partition coefficient (Wildman–Crippen LogP) is 3.89. The van der Waals surface area contributed by atoms with E-state index in [1.807, 2.05) is 4.90 Å². The molecule has 1 aliphatic heterocycles. The molecule has 0 bridgehead atoms. The van der Waals surface area contributed by atoms with Crippen LogP contribution in [0.5, 0.6) is 5.75 Å². The molecule has 0 aliphatic carbocycles. The fourth-order valence-corrected chi connectivity index (χ4v) is 3.92. The number of carbonyl (C=O) groups excluding carboxylic acids is 1. The van der Waals surface area contributed by atoms with Gasteiger partial charge in [0.15, 0.2) is 0 Å². The van der Waals surface area contributed by atoms with Crippen LogP contribution in [0.25, 0.3) is 5.69 Å². The minimum Gasteiger partial charge on any atom is -0.495 e. The van der Waals surface area contributed by atoms with Gasteiger partial charge in [0.05, 0.1) is 24.4 Å². The van der Waals surface area contributed by atoms with Crippen molar-refractivity contribution in [3.05, 3.63) is 75.8 Å². The first-order chi connectivity index (χ1) is 15.4. The van der Waals surface area contributed by atoms with Crippen LogP contribution in [0.15, 0.2) is 59.4 Å². The highest BCUT2D eigenvalue weighted by molar-refractivity contribution is 6.31. The first-order valence-electron chi connectivity index (χ1n) is 10.2. The number of hydrogen-bond acceptors (Lipinski definition) is 5. The second-order valence-corrected chi connectivity index (χ2v) is 7.97. The van der Waals surface area contributed by atoms with Crippen molar-refractivity contribution in [1.82, 2.24) is 9.78 Å². The van der Waals surface area contributed by atoms with Gasteiger partial charge in [0.2, 0.25) is 5.91 Å². The van der Waals surface area contributed by atoms with Gasteiger partial charge >= 0.3 is 0 Å². The van der Waals surface area contributed by atoms with Crippen LogP contribution >= 0.6 is 11.6 Å². The van der Waals surface area contributed by atoms with E-state index in [1.165, 1.54) is 42.1 Å². The summed E-state index contributed by atoms with van der Waals surface area (Å²) in [6.07, 6.45) is 1.52. The van der Waals surface area contributed by atoms with Crippen LogP contribution in [-0.4, -0.2) is 35.9 Å². The van der Waals surface area contributed by atoms with Gasteiger partial charge in [0, 0.05) is 24.2 Å². The molecule has 2 aromatic carbocycles. The molecule has 0 spiro atoms. The number of aromatic nitrogens is 2. The highest BCUT2D eigenvalue weighted by Crippen LogP contribution is 2.29. The van der Waals surface area contributed by atoms with Gasteiger partial charge in [0.25, 0.3) is 5.56 Å². The minimum absolute atomic E-state index is 0.137. The van der Waals surface area contributed by atoms with E-state index in [0.717, 1.165) is 12.8 Å². The van der Waals surface area contributed by atoms with E-state index in [4.69, 9.17) is 16.3 Å². The number of carbonyl (C=O) groups is 1. The summed E-state index contributed by atoms with van der Waals surface area (Å²) >= 11 is 6.06. The molecule has 7 nitrogen and oxygen atoms in total. The zero-order valence-electron chi connectivity index (χ0n) is 17.4. The van der Waals surface area contributed by atoms with Gasteiger partial charge < -0.3 is 15.0 Å². The van der Waals surface area contributed by atoms with E-state index in [1.54, 1.807) is 24.3 Å². The first kappa shape index (κ1) is 21.8. The highest BCUT2D eigenvalue weighted by atomic mass is 35.5. The van der Waals surface area contributed by atoms with Crippen LogP contribution in [0.2, 0.25) is 5.02 Å². The monoisotopic (exact) mass is 456 g/mol. The van der Waals surface area contributed by atoms with Crippen molar-refractivity contribution in [3.8, 4) is 11.4 Å². The molecule has 0 saturated carbocycles. The molecule has 1 unspecified atom stereocenters. The molecule has 9 heteroatoms. The Morgan fingerprint density at radius 3 is 2.72 bits per heavy atom. The van der Waals surface area contributed by atoms with Crippen LogP contribution < -0.4 is 20.5 Å². The Balaban J connectivity index is 1.52. The number of piperidine rings is 1. The van der Waals surface area contributed by atoms with E-state index < -0.39 is 0 Å². The summed E-state index contributed by atoms with van der Waals surface area (Å²) < 4.78 is 19.8. The van der Waals surface area contributed by atoms with Gasteiger partial charge in [-0.1, -0.05) is 11.6 Å². The molecule has 4 rings (SSSR count). The Kier molecular flexibility index (Phi) is 6.41. The second-order valence-electron chi connectivity index (χ2n) is 7.54. The first-order valence-corrected chi connectivity index (χ1v) is 10.6. The average molecular weight is 457 g/mol. The summed E-state index contributed by atoms with van der Waals surface area (Å²) in [5, 5.41) is 7.86. The maximum absolute atomic E-state index is 13.2. The van der Waals surface area contributed by atoms with Gasteiger partial charge in [0.1, 0.15) is 17.4 Å². The quantitative estimate of drug-likeness (QED) is 0.630. The van der Waals surface area contributed by atoms with Crippen molar-refractivity contribution in [2.75, 3.05) is 30.4 Å². The third-order valence-electron chi connectivity index (χ3n) is 5.39. The lowest BCUT2D eigenvalue weighted by Crippen LogP contribution is -2.41. The summed E-state index contributed by atoms with van der Waals surface area (Å²) in [5.74, 6) is 0.303. The van der Waals surface area contributed by atoms with E-state index in [9.17, 15) is 14.0 Å². The predicted molar refractivity (Wildman–Crippen MR) is 121 cm³/mol. The third kappa shape index (κ3) is 4.75. The topological polar surface area (TPSA) is 76.5 Å². The van der Waals surface area contributed by atoms with E-state index in [2.05, 4.69) is 10.4 Å². The van der Waals surface area contributed by atoms with Crippen LogP contribution in [0.1, 0.15) is 12.8 Å². The number of benzene rings is 2. The van der Waals surface area contributed by atoms with Crippen molar-refractivity contribution < 1.29 is 13.9 Å². The molecule has 1 amide bonds. The van der Waals surface area contributed by atoms with Crippen molar-refractivity contribution >= 4 is 29.0 Å². The van der Waals surface area contributed by atoms with Gasteiger partial charge in [-0.3, -0.25) is 9.59 Å². The summed E-state index contributed by atoms with van der Waals surface area (Å²) in [7, 11) is 1.53. The molecule has 1 aliphatic rings. The summed E-state index contributed by atoms with van der Waals surface area (Å²) in [4.78, 5) is 27.2. The van der Waals surface area contributed by atoms with Gasteiger partial charge in [-0.15, -0.1) is 5.10 Å². The lowest BCUT2D eigenvalue weighted by Gasteiger charge is -2.33. The Bertz CT molecular complexity index is 1180. The smallest absolute Gasteiger partial charge is 0.271 e. The number of methoxy groups -OCH3 is 1. The number of nitrogens with one attached hydrogen (secondary N) is 1. The largest absolute Gasteiger partial charge is 0.495 e. The minimum atomic E-state index is -0.390. The Morgan fingerprint density at radius 2 is 1.97 bits per heavy atom. The van der Waals surface area contributed by atoms with E-state index >= 15 is 0 Å². The number of hydrogen-bond donors (Lipinski definition) is 1. The molecule has 1 atom stereocenters. The van der Waals surface area contributed by atoms with Gasteiger partial charge in [-0.2, -0.15) is 4.68 Å². The van der Waals surface area contributed by atoms with Crippen molar-refractivity contribution in [1.29, 1.82) is 0 Å². The molecule has 1 fully saturated rings. The number of amides is 1. The molecule has 2 heterocycles. The van der Waals surface area contributed by atoms with Crippen LogP contribution in [0.4, 0.5) is 15.9 Å². The number of nitrogens with zero attached hydrogens (tertiary/aromatic N) is 3. The molecule has 1 N–H and O–H groups in total. The van der Waals surface area contributed by atoms with Crippen molar-refractivity contribution in [3.63, 3.8) is 0 Å². The van der Waals surface area contributed by atoms with Gasteiger partial charge in [-0.25, -0.2) is 4.39 Å². The average Bonchev–Trinajstić information content (AvgIpc) is 2.80. The van der Waals surface area contributed by atoms with Gasteiger partial charge in [-0.05, 0) is 61.4 Å². The lowest BCUT2D eigenvalue weighted by molar-refractivity contribution is -0.120. The normalized spacial score (nSPS) is 16.0. The zero-order chi connectivity index (χ0) is 22.7. The van der Waals surface area contributed by atoms with E-state index in [-0.39, 0.29) is 23.2 Å². The second kappa shape index (κ2) is 9.40. The number of halogens is 2. The maximum atomic E-state index is 13.2. The Hall–Kier alpha value is -3.39. The fraction of sp³-hybridized carbons (Fsp3) is 0.261. The lowest BCUT2D eigenvalue weighted by atomic mass is 9.97. The summed E-state index contributed by atoms with van der Waals surface area (Å²) in [6, 6.07) is 13.7.